The molecule has 0 unspecified atom stereocenters. The zero-order chi connectivity index (χ0) is 9.54. The van der Waals surface area contributed by atoms with E-state index < -0.39 is 0 Å². The zero-order valence-corrected chi connectivity index (χ0v) is 7.56. The molecule has 2 aromatic heterocycles. The molecule has 4 heteroatoms. The number of hydrogen-bond acceptors (Lipinski definition) is 3. The summed E-state index contributed by atoms with van der Waals surface area (Å²) in [4.78, 5) is 4.46. The Balaban J connectivity index is 2.37. The van der Waals surface area contributed by atoms with Gasteiger partial charge in [-0.25, -0.2) is 9.50 Å². The first-order chi connectivity index (χ1) is 6.88. The van der Waals surface area contributed by atoms with Crippen molar-refractivity contribution in [3.8, 4) is 6.07 Å². The lowest BCUT2D eigenvalue weighted by atomic mass is 10.2. The molecule has 0 saturated heterocycles. The molecule has 0 amide bonds. The van der Waals surface area contributed by atoms with Gasteiger partial charge < -0.3 is 0 Å². The fourth-order valence-electron chi connectivity index (χ4n) is 1.93. The number of aromatic nitrogens is 3. The van der Waals surface area contributed by atoms with Gasteiger partial charge in [0.2, 0.25) is 0 Å². The van der Waals surface area contributed by atoms with Crippen LogP contribution in [0.5, 0.6) is 0 Å². The van der Waals surface area contributed by atoms with Crippen molar-refractivity contribution in [2.45, 2.75) is 19.3 Å². The van der Waals surface area contributed by atoms with Crippen molar-refractivity contribution in [2.24, 2.45) is 0 Å². The summed E-state index contributed by atoms with van der Waals surface area (Å²) >= 11 is 0. The van der Waals surface area contributed by atoms with E-state index in [1.807, 2.05) is 6.20 Å². The summed E-state index contributed by atoms with van der Waals surface area (Å²) in [5.74, 6) is 0. The predicted molar refractivity (Wildman–Crippen MR) is 49.7 cm³/mol. The van der Waals surface area contributed by atoms with Crippen LogP contribution in [0.15, 0.2) is 12.4 Å². The van der Waals surface area contributed by atoms with Gasteiger partial charge in [0.1, 0.15) is 11.6 Å². The van der Waals surface area contributed by atoms with Crippen LogP contribution in [0.2, 0.25) is 0 Å². The fraction of sp³-hybridized carbons (Fsp3) is 0.300. The normalized spacial score (nSPS) is 14.2. The quantitative estimate of drug-likeness (QED) is 0.615. The minimum Gasteiger partial charge on any atom is -0.232 e. The van der Waals surface area contributed by atoms with E-state index in [4.69, 9.17) is 5.26 Å². The number of nitriles is 1. The predicted octanol–water partition coefficient (Wildman–Crippen LogP) is 1.09. The van der Waals surface area contributed by atoms with Gasteiger partial charge in [0.05, 0.1) is 6.20 Å². The summed E-state index contributed by atoms with van der Waals surface area (Å²) in [6.45, 7) is 0. The first kappa shape index (κ1) is 7.51. The van der Waals surface area contributed by atoms with Gasteiger partial charge in [-0.2, -0.15) is 10.4 Å². The van der Waals surface area contributed by atoms with Gasteiger partial charge in [-0.15, -0.1) is 0 Å². The highest BCUT2D eigenvalue weighted by Crippen LogP contribution is 2.21. The third-order valence-corrected chi connectivity index (χ3v) is 2.64. The summed E-state index contributed by atoms with van der Waals surface area (Å²) in [5.41, 5.74) is 3.65. The number of nitrogens with zero attached hydrogens (tertiary/aromatic N) is 4. The molecule has 4 nitrogen and oxygen atoms in total. The van der Waals surface area contributed by atoms with Crippen molar-refractivity contribution in [3.63, 3.8) is 0 Å². The molecule has 0 atom stereocenters. The van der Waals surface area contributed by atoms with E-state index in [1.54, 1.807) is 10.7 Å². The maximum Gasteiger partial charge on any atom is 0.173 e. The van der Waals surface area contributed by atoms with Gasteiger partial charge in [0, 0.05) is 11.9 Å². The summed E-state index contributed by atoms with van der Waals surface area (Å²) in [6, 6.07) is 2.10. The van der Waals surface area contributed by atoms with Crippen molar-refractivity contribution >= 4 is 5.65 Å². The Morgan fingerprint density at radius 1 is 1.43 bits per heavy atom. The number of fused-ring (bicyclic) bond motifs is 2. The molecule has 0 fully saturated rings. The lowest BCUT2D eigenvalue weighted by Crippen LogP contribution is -1.96. The number of rotatable bonds is 0. The largest absolute Gasteiger partial charge is 0.232 e. The highest BCUT2D eigenvalue weighted by Gasteiger charge is 2.15. The maximum absolute atomic E-state index is 8.83. The number of aryl methyl sites for hydroxylation is 2. The average Bonchev–Trinajstić information content (AvgIpc) is 2.78. The molecule has 1 aliphatic carbocycles. The molecule has 14 heavy (non-hydrogen) atoms. The third-order valence-electron chi connectivity index (χ3n) is 2.64. The Bertz CT molecular complexity index is 547. The van der Waals surface area contributed by atoms with Gasteiger partial charge in [-0.05, 0) is 24.8 Å². The molecule has 2 aromatic rings. The van der Waals surface area contributed by atoms with Crippen LogP contribution in [-0.4, -0.2) is 14.6 Å². The zero-order valence-electron chi connectivity index (χ0n) is 7.56. The molecule has 0 spiro atoms. The molecule has 0 saturated carbocycles. The second-order valence-electron chi connectivity index (χ2n) is 3.50. The maximum atomic E-state index is 8.83. The van der Waals surface area contributed by atoms with Gasteiger partial charge in [0.25, 0.3) is 0 Å². The second-order valence-corrected chi connectivity index (χ2v) is 3.50. The summed E-state index contributed by atoms with van der Waals surface area (Å²) in [5, 5.41) is 12.9. The molecule has 2 heterocycles. The van der Waals surface area contributed by atoms with Crippen molar-refractivity contribution in [1.82, 2.24) is 14.6 Å². The van der Waals surface area contributed by atoms with Crippen LogP contribution >= 0.6 is 0 Å². The molecule has 3 rings (SSSR count). The molecule has 0 aliphatic heterocycles. The van der Waals surface area contributed by atoms with Crippen molar-refractivity contribution in [2.75, 3.05) is 0 Å². The van der Waals surface area contributed by atoms with Crippen LogP contribution in [-0.2, 0) is 12.8 Å². The Morgan fingerprint density at radius 3 is 3.21 bits per heavy atom. The molecule has 1 aliphatic rings. The Kier molecular flexibility index (Phi) is 1.37. The van der Waals surface area contributed by atoms with E-state index in [2.05, 4.69) is 16.2 Å². The van der Waals surface area contributed by atoms with Crippen LogP contribution in [0.1, 0.15) is 23.2 Å². The van der Waals surface area contributed by atoms with Gasteiger partial charge >= 0.3 is 0 Å². The number of hydrogen-bond donors (Lipinski definition) is 0. The van der Waals surface area contributed by atoms with Gasteiger partial charge in [-0.1, -0.05) is 0 Å². The van der Waals surface area contributed by atoms with Gasteiger partial charge in [-0.3, -0.25) is 0 Å². The van der Waals surface area contributed by atoms with Crippen LogP contribution in [0.3, 0.4) is 0 Å². The Labute approximate surface area is 80.8 Å². The molecule has 0 aromatic carbocycles. The second kappa shape index (κ2) is 2.55. The van der Waals surface area contributed by atoms with E-state index in [0.29, 0.717) is 11.2 Å². The Morgan fingerprint density at radius 2 is 2.36 bits per heavy atom. The molecule has 0 bridgehead atoms. The SMILES string of the molecule is N#Cc1cnn2cc3c(nc12)CCC3. The van der Waals surface area contributed by atoms with Crippen LogP contribution in [0, 0.1) is 11.3 Å². The monoisotopic (exact) mass is 184 g/mol. The minimum atomic E-state index is 0.555. The van der Waals surface area contributed by atoms with Crippen molar-refractivity contribution in [1.29, 1.82) is 5.26 Å². The summed E-state index contributed by atoms with van der Waals surface area (Å²) < 4.78 is 1.70. The fourth-order valence-corrected chi connectivity index (χ4v) is 1.93. The lowest BCUT2D eigenvalue weighted by molar-refractivity contribution is 0.900. The summed E-state index contributed by atoms with van der Waals surface area (Å²) in [7, 11) is 0. The topological polar surface area (TPSA) is 54.0 Å². The molecule has 0 radical (unpaired) electrons. The highest BCUT2D eigenvalue weighted by molar-refractivity contribution is 5.54. The van der Waals surface area contributed by atoms with E-state index >= 15 is 0 Å². The molecular weight excluding hydrogens is 176 g/mol. The molecule has 0 N–H and O–H groups in total. The van der Waals surface area contributed by atoms with E-state index in [0.717, 1.165) is 25.0 Å². The molecule has 68 valence electrons. The first-order valence-electron chi connectivity index (χ1n) is 4.65. The van der Waals surface area contributed by atoms with Gasteiger partial charge in [0.15, 0.2) is 5.65 Å². The smallest absolute Gasteiger partial charge is 0.173 e. The van der Waals surface area contributed by atoms with Crippen LogP contribution in [0.4, 0.5) is 0 Å². The van der Waals surface area contributed by atoms with E-state index in [1.165, 1.54) is 5.56 Å². The van der Waals surface area contributed by atoms with E-state index in [-0.39, 0.29) is 0 Å². The van der Waals surface area contributed by atoms with Crippen LogP contribution in [0.25, 0.3) is 5.65 Å². The standard InChI is InChI=1S/C10H8N4/c11-4-8-5-12-14-6-7-2-1-3-9(7)13-10(8)14/h5-6H,1-3H2. The average molecular weight is 184 g/mol. The van der Waals surface area contributed by atoms with Crippen LogP contribution < -0.4 is 0 Å². The van der Waals surface area contributed by atoms with Crippen molar-refractivity contribution < 1.29 is 0 Å². The lowest BCUT2D eigenvalue weighted by Gasteiger charge is -1.98. The third kappa shape index (κ3) is 0.867. The van der Waals surface area contributed by atoms with Crippen molar-refractivity contribution in [3.05, 3.63) is 29.2 Å². The first-order valence-corrected chi connectivity index (χ1v) is 4.65. The summed E-state index contributed by atoms with van der Waals surface area (Å²) in [6.07, 6.45) is 6.84. The minimum absolute atomic E-state index is 0.555. The highest BCUT2D eigenvalue weighted by atomic mass is 15.2. The Hall–Kier alpha value is -1.89. The molecular formula is C10H8N4. The van der Waals surface area contributed by atoms with E-state index in [9.17, 15) is 0 Å².